The number of fused-ring (bicyclic) bond motifs is 1. The smallest absolute Gasteiger partial charge is 0.223 e. The van der Waals surface area contributed by atoms with Crippen LogP contribution >= 0.6 is 23.1 Å². The Labute approximate surface area is 89.6 Å². The van der Waals surface area contributed by atoms with Gasteiger partial charge in [-0.15, -0.1) is 0 Å². The van der Waals surface area contributed by atoms with Crippen molar-refractivity contribution in [3.05, 3.63) is 28.9 Å². The highest BCUT2D eigenvalue weighted by Crippen LogP contribution is 2.25. The molecule has 0 saturated carbocycles. The van der Waals surface area contributed by atoms with Gasteiger partial charge >= 0.3 is 0 Å². The van der Waals surface area contributed by atoms with E-state index in [1.54, 1.807) is 6.07 Å². The minimum Gasteiger partial charge on any atom is -0.369 e. The molecule has 1 heterocycles. The SMILES string of the molecule is NC(=O)Cc1nsc2cc(Cl)ccc12. The van der Waals surface area contributed by atoms with Crippen molar-refractivity contribution in [2.45, 2.75) is 6.42 Å². The van der Waals surface area contributed by atoms with Crippen molar-refractivity contribution < 1.29 is 4.79 Å². The van der Waals surface area contributed by atoms with Crippen molar-refractivity contribution >= 4 is 39.1 Å². The van der Waals surface area contributed by atoms with Crippen LogP contribution in [0.1, 0.15) is 5.69 Å². The number of carbonyl (C=O) groups is 1. The quantitative estimate of drug-likeness (QED) is 0.851. The van der Waals surface area contributed by atoms with Crippen LogP contribution in [0, 0.1) is 0 Å². The van der Waals surface area contributed by atoms with Crippen LogP contribution in [0.4, 0.5) is 0 Å². The highest BCUT2D eigenvalue weighted by atomic mass is 35.5. The Morgan fingerprint density at radius 3 is 3.07 bits per heavy atom. The van der Waals surface area contributed by atoms with Gasteiger partial charge in [0.1, 0.15) is 0 Å². The van der Waals surface area contributed by atoms with Gasteiger partial charge in [0.25, 0.3) is 0 Å². The molecule has 2 rings (SSSR count). The zero-order valence-electron chi connectivity index (χ0n) is 7.16. The summed E-state index contributed by atoms with van der Waals surface area (Å²) in [5, 5.41) is 1.63. The maximum Gasteiger partial charge on any atom is 0.223 e. The summed E-state index contributed by atoms with van der Waals surface area (Å²) in [7, 11) is 0. The molecular formula is C9H7ClN2OS. The number of aromatic nitrogens is 1. The monoisotopic (exact) mass is 226 g/mol. The average molecular weight is 227 g/mol. The Morgan fingerprint density at radius 2 is 2.36 bits per heavy atom. The van der Waals surface area contributed by atoms with Crippen LogP contribution in [0.2, 0.25) is 5.02 Å². The number of primary amides is 1. The molecule has 14 heavy (non-hydrogen) atoms. The summed E-state index contributed by atoms with van der Waals surface area (Å²) in [6, 6.07) is 5.47. The summed E-state index contributed by atoms with van der Waals surface area (Å²) >= 11 is 7.15. The maximum absolute atomic E-state index is 10.7. The fourth-order valence-electron chi connectivity index (χ4n) is 1.26. The van der Waals surface area contributed by atoms with Crippen molar-refractivity contribution in [1.82, 2.24) is 4.37 Å². The zero-order valence-corrected chi connectivity index (χ0v) is 8.73. The molecule has 0 spiro atoms. The Kier molecular flexibility index (Phi) is 2.39. The van der Waals surface area contributed by atoms with Crippen molar-refractivity contribution in [2.75, 3.05) is 0 Å². The lowest BCUT2D eigenvalue weighted by Crippen LogP contribution is -2.13. The van der Waals surface area contributed by atoms with Crippen molar-refractivity contribution in [1.29, 1.82) is 0 Å². The number of halogens is 1. The number of nitrogens with zero attached hydrogens (tertiary/aromatic N) is 1. The van der Waals surface area contributed by atoms with E-state index in [0.717, 1.165) is 15.8 Å². The Bertz CT molecular complexity index is 495. The number of hydrogen-bond donors (Lipinski definition) is 1. The van der Waals surface area contributed by atoms with Gasteiger partial charge in [-0.05, 0) is 23.7 Å². The molecule has 0 radical (unpaired) electrons. The first-order chi connectivity index (χ1) is 6.66. The van der Waals surface area contributed by atoms with Gasteiger partial charge in [-0.1, -0.05) is 17.7 Å². The van der Waals surface area contributed by atoms with E-state index in [1.807, 2.05) is 12.1 Å². The van der Waals surface area contributed by atoms with E-state index in [4.69, 9.17) is 17.3 Å². The molecular weight excluding hydrogens is 220 g/mol. The standard InChI is InChI=1S/C9H7ClN2OS/c10-5-1-2-6-7(4-9(11)13)12-14-8(6)3-5/h1-3H,4H2,(H2,11,13). The Balaban J connectivity index is 2.52. The predicted molar refractivity (Wildman–Crippen MR) is 57.5 cm³/mol. The molecule has 0 bridgehead atoms. The number of amides is 1. The minimum absolute atomic E-state index is 0.182. The van der Waals surface area contributed by atoms with Crippen LogP contribution in [-0.2, 0) is 11.2 Å². The largest absolute Gasteiger partial charge is 0.369 e. The lowest BCUT2D eigenvalue weighted by atomic mass is 10.2. The fourth-order valence-corrected chi connectivity index (χ4v) is 2.33. The van der Waals surface area contributed by atoms with Crippen molar-refractivity contribution in [3.63, 3.8) is 0 Å². The van der Waals surface area contributed by atoms with E-state index in [-0.39, 0.29) is 12.3 Å². The molecule has 0 aliphatic rings. The maximum atomic E-state index is 10.7. The molecule has 2 N–H and O–H groups in total. The van der Waals surface area contributed by atoms with Crippen LogP contribution in [0.25, 0.3) is 10.1 Å². The predicted octanol–water partition coefficient (Wildman–Crippen LogP) is 1.98. The van der Waals surface area contributed by atoms with Gasteiger partial charge in [0.15, 0.2) is 0 Å². The lowest BCUT2D eigenvalue weighted by molar-refractivity contribution is -0.117. The van der Waals surface area contributed by atoms with Gasteiger partial charge in [0, 0.05) is 10.4 Å². The van der Waals surface area contributed by atoms with Gasteiger partial charge in [-0.25, -0.2) is 0 Å². The van der Waals surface area contributed by atoms with Crippen molar-refractivity contribution in [3.8, 4) is 0 Å². The first-order valence-corrected chi connectivity index (χ1v) is 5.14. The normalized spacial score (nSPS) is 10.6. The first-order valence-electron chi connectivity index (χ1n) is 3.99. The summed E-state index contributed by atoms with van der Waals surface area (Å²) in [6.07, 6.45) is 0.182. The molecule has 0 atom stereocenters. The number of nitrogens with two attached hydrogens (primary N) is 1. The molecule has 3 nitrogen and oxygen atoms in total. The second kappa shape index (κ2) is 3.55. The highest BCUT2D eigenvalue weighted by Gasteiger charge is 2.08. The summed E-state index contributed by atoms with van der Waals surface area (Å²) in [5.41, 5.74) is 5.83. The van der Waals surface area contributed by atoms with Gasteiger partial charge in [-0.2, -0.15) is 4.37 Å². The average Bonchev–Trinajstić information content (AvgIpc) is 2.47. The third kappa shape index (κ3) is 1.71. The van der Waals surface area contributed by atoms with Crippen LogP contribution in [-0.4, -0.2) is 10.3 Å². The van der Waals surface area contributed by atoms with Crippen LogP contribution < -0.4 is 5.73 Å². The molecule has 1 aromatic heterocycles. The lowest BCUT2D eigenvalue weighted by Gasteiger charge is -1.93. The molecule has 0 aliphatic carbocycles. The fraction of sp³-hybridized carbons (Fsp3) is 0.111. The molecule has 1 aromatic carbocycles. The third-order valence-corrected chi connectivity index (χ3v) is 2.93. The summed E-state index contributed by atoms with van der Waals surface area (Å²) < 4.78 is 5.14. The van der Waals surface area contributed by atoms with E-state index in [2.05, 4.69) is 4.37 Å². The summed E-state index contributed by atoms with van der Waals surface area (Å²) in [4.78, 5) is 10.7. The van der Waals surface area contributed by atoms with E-state index in [9.17, 15) is 4.79 Å². The van der Waals surface area contributed by atoms with Crippen LogP contribution in [0.15, 0.2) is 18.2 Å². The Morgan fingerprint density at radius 1 is 1.57 bits per heavy atom. The first kappa shape index (κ1) is 9.43. The molecule has 0 aliphatic heterocycles. The van der Waals surface area contributed by atoms with Crippen molar-refractivity contribution in [2.24, 2.45) is 5.73 Å². The third-order valence-electron chi connectivity index (χ3n) is 1.85. The molecule has 0 unspecified atom stereocenters. The zero-order chi connectivity index (χ0) is 10.1. The molecule has 0 fully saturated rings. The van der Waals surface area contributed by atoms with Crippen LogP contribution in [0.3, 0.4) is 0 Å². The molecule has 1 amide bonds. The number of carbonyl (C=O) groups excluding carboxylic acids is 1. The van der Waals surface area contributed by atoms with E-state index in [1.165, 1.54) is 11.5 Å². The Hall–Kier alpha value is -1.13. The van der Waals surface area contributed by atoms with E-state index in [0.29, 0.717) is 5.02 Å². The van der Waals surface area contributed by atoms with Gasteiger partial charge in [0.05, 0.1) is 16.8 Å². The second-order valence-corrected chi connectivity index (χ2v) is 4.15. The van der Waals surface area contributed by atoms with Gasteiger partial charge in [-0.3, -0.25) is 4.79 Å². The highest BCUT2D eigenvalue weighted by molar-refractivity contribution is 7.13. The molecule has 2 aromatic rings. The summed E-state index contributed by atoms with van der Waals surface area (Å²) in [5.74, 6) is -0.368. The second-order valence-electron chi connectivity index (χ2n) is 2.91. The van der Waals surface area contributed by atoms with Crippen LogP contribution in [0.5, 0.6) is 0 Å². The molecule has 72 valence electrons. The minimum atomic E-state index is -0.368. The van der Waals surface area contributed by atoms with Gasteiger partial charge < -0.3 is 5.73 Å². The summed E-state index contributed by atoms with van der Waals surface area (Å²) in [6.45, 7) is 0. The van der Waals surface area contributed by atoms with E-state index >= 15 is 0 Å². The number of rotatable bonds is 2. The molecule has 0 saturated heterocycles. The molecule has 5 heteroatoms. The number of benzene rings is 1. The topological polar surface area (TPSA) is 56.0 Å². The number of hydrogen-bond acceptors (Lipinski definition) is 3. The van der Waals surface area contributed by atoms with Gasteiger partial charge in [0.2, 0.25) is 5.91 Å². The van der Waals surface area contributed by atoms with E-state index < -0.39 is 0 Å².